The first-order valence-corrected chi connectivity index (χ1v) is 9.34. The Labute approximate surface area is 171 Å². The van der Waals surface area contributed by atoms with Gasteiger partial charge in [0.05, 0.1) is 21.5 Å². The quantitative estimate of drug-likeness (QED) is 0.387. The van der Waals surface area contributed by atoms with E-state index in [1.54, 1.807) is 25.4 Å². The highest BCUT2D eigenvalue weighted by Crippen LogP contribution is 2.33. The first-order chi connectivity index (χ1) is 14.2. The number of rotatable bonds is 3. The molecular weight excluding hydrogens is 384 g/mol. The number of fused-ring (bicyclic) bond motifs is 1. The summed E-state index contributed by atoms with van der Waals surface area (Å²) in [5.74, 6) is 0. The number of hydrogen-bond acceptors (Lipinski definition) is 4. The number of nitro groups is 1. The molecule has 4 rings (SSSR count). The second kappa shape index (κ2) is 6.84. The van der Waals surface area contributed by atoms with Crippen molar-refractivity contribution in [2.45, 2.75) is 13.8 Å². The van der Waals surface area contributed by atoms with E-state index in [1.807, 2.05) is 36.6 Å². The highest BCUT2D eigenvalue weighted by Gasteiger charge is 2.21. The van der Waals surface area contributed by atoms with Crippen LogP contribution in [-0.2, 0) is 14.1 Å². The fourth-order valence-corrected chi connectivity index (χ4v) is 3.67. The Kier molecular flexibility index (Phi) is 4.42. The van der Waals surface area contributed by atoms with E-state index in [0.717, 1.165) is 21.4 Å². The van der Waals surface area contributed by atoms with Crippen LogP contribution >= 0.6 is 0 Å². The van der Waals surface area contributed by atoms with E-state index in [0.29, 0.717) is 22.2 Å². The summed E-state index contributed by atoms with van der Waals surface area (Å²) in [4.78, 5) is 36.4. The van der Waals surface area contributed by atoms with Gasteiger partial charge in [-0.2, -0.15) is 0 Å². The number of benzene rings is 2. The van der Waals surface area contributed by atoms with Crippen LogP contribution in [0.15, 0.2) is 58.3 Å². The lowest BCUT2D eigenvalue weighted by Crippen LogP contribution is -2.36. The Hall–Kier alpha value is -3.94. The first kappa shape index (κ1) is 19.4. The molecule has 0 saturated heterocycles. The van der Waals surface area contributed by atoms with Gasteiger partial charge in [0.2, 0.25) is 0 Å². The maximum absolute atomic E-state index is 13.1. The topological polar surface area (TPSA) is 92.1 Å². The van der Waals surface area contributed by atoms with Gasteiger partial charge >= 0.3 is 5.69 Å². The van der Waals surface area contributed by atoms with Crippen LogP contribution in [0.2, 0.25) is 0 Å². The van der Waals surface area contributed by atoms with Crippen LogP contribution in [0.1, 0.15) is 11.1 Å². The molecule has 152 valence electrons. The molecule has 2 aromatic heterocycles. The largest absolute Gasteiger partial charge is 0.330 e. The summed E-state index contributed by atoms with van der Waals surface area (Å²) in [5, 5.41) is 11.7. The lowest BCUT2D eigenvalue weighted by Gasteiger charge is -2.12. The first-order valence-electron chi connectivity index (χ1n) is 9.34. The van der Waals surface area contributed by atoms with Gasteiger partial charge in [-0.3, -0.25) is 24.0 Å². The fraction of sp³-hybridized carbons (Fsp3) is 0.182. The maximum atomic E-state index is 13.1. The van der Waals surface area contributed by atoms with E-state index in [9.17, 15) is 19.7 Å². The van der Waals surface area contributed by atoms with Crippen molar-refractivity contribution in [1.82, 2.24) is 13.7 Å². The van der Waals surface area contributed by atoms with Crippen LogP contribution in [0.5, 0.6) is 0 Å². The summed E-state index contributed by atoms with van der Waals surface area (Å²) in [5.41, 5.74) is 3.52. The number of aryl methyl sites for hydroxylation is 3. The van der Waals surface area contributed by atoms with Crippen LogP contribution in [0.3, 0.4) is 0 Å². The summed E-state index contributed by atoms with van der Waals surface area (Å²) >= 11 is 0. The average Bonchev–Trinajstić information content (AvgIpc) is 3.13. The lowest BCUT2D eigenvalue weighted by molar-refractivity contribution is -0.384. The molecule has 2 aromatic carbocycles. The van der Waals surface area contributed by atoms with Gasteiger partial charge in [0.25, 0.3) is 11.2 Å². The van der Waals surface area contributed by atoms with Crippen molar-refractivity contribution in [1.29, 1.82) is 0 Å². The fourth-order valence-electron chi connectivity index (χ4n) is 3.67. The van der Waals surface area contributed by atoms with Crippen molar-refractivity contribution >= 4 is 16.6 Å². The van der Waals surface area contributed by atoms with Crippen LogP contribution in [0, 0.1) is 24.0 Å². The number of nitrogens with zero attached hydrogens (tertiary/aromatic N) is 4. The molecular formula is C22H20N4O4. The Morgan fingerprint density at radius 3 is 2.33 bits per heavy atom. The highest BCUT2D eigenvalue weighted by atomic mass is 16.6. The van der Waals surface area contributed by atoms with E-state index in [2.05, 4.69) is 0 Å². The minimum atomic E-state index is -0.469. The molecule has 0 amide bonds. The molecule has 0 fully saturated rings. The monoisotopic (exact) mass is 404 g/mol. The molecule has 0 bridgehead atoms. The third kappa shape index (κ3) is 2.85. The Morgan fingerprint density at radius 2 is 1.67 bits per heavy atom. The summed E-state index contributed by atoms with van der Waals surface area (Å²) in [6.45, 7) is 4.00. The maximum Gasteiger partial charge on any atom is 0.330 e. The zero-order chi connectivity index (χ0) is 21.7. The van der Waals surface area contributed by atoms with E-state index >= 15 is 0 Å². The molecule has 0 atom stereocenters. The van der Waals surface area contributed by atoms with Crippen molar-refractivity contribution in [3.8, 4) is 16.9 Å². The Morgan fingerprint density at radius 1 is 0.933 bits per heavy atom. The van der Waals surface area contributed by atoms with Crippen molar-refractivity contribution < 1.29 is 4.92 Å². The van der Waals surface area contributed by atoms with Gasteiger partial charge in [-0.05, 0) is 37.1 Å². The zero-order valence-electron chi connectivity index (χ0n) is 17.0. The molecule has 8 heteroatoms. The van der Waals surface area contributed by atoms with Crippen LogP contribution in [-0.4, -0.2) is 18.6 Å². The minimum Gasteiger partial charge on any atom is -0.314 e. The number of aromatic nitrogens is 3. The molecule has 0 unspecified atom stereocenters. The molecule has 0 aliphatic heterocycles. The molecule has 0 N–H and O–H groups in total. The van der Waals surface area contributed by atoms with Crippen molar-refractivity contribution in [3.63, 3.8) is 0 Å². The molecule has 0 saturated carbocycles. The molecule has 0 aliphatic carbocycles. The Balaban J connectivity index is 2.19. The SMILES string of the molecule is Cc1ccc(-n2cc3c(c2-c2cccc([N+](=O)[O-])c2)c(=O)n(C)c(=O)n3C)cc1C. The number of non-ortho nitro benzene ring substituents is 1. The normalized spacial score (nSPS) is 11.2. The van der Waals surface area contributed by atoms with E-state index in [-0.39, 0.29) is 5.69 Å². The molecule has 0 aliphatic rings. The van der Waals surface area contributed by atoms with E-state index in [4.69, 9.17) is 0 Å². The van der Waals surface area contributed by atoms with Crippen LogP contribution in [0.4, 0.5) is 5.69 Å². The van der Waals surface area contributed by atoms with Gasteiger partial charge in [-0.1, -0.05) is 18.2 Å². The minimum absolute atomic E-state index is 0.0740. The van der Waals surface area contributed by atoms with E-state index < -0.39 is 16.2 Å². The number of nitro benzene ring substituents is 1. The third-order valence-electron chi connectivity index (χ3n) is 5.54. The molecule has 2 heterocycles. The van der Waals surface area contributed by atoms with Gasteiger partial charge in [0.15, 0.2) is 0 Å². The van der Waals surface area contributed by atoms with Gasteiger partial charge in [-0.15, -0.1) is 0 Å². The predicted molar refractivity (Wildman–Crippen MR) is 115 cm³/mol. The average molecular weight is 404 g/mol. The summed E-state index contributed by atoms with van der Waals surface area (Å²) in [6.07, 6.45) is 1.73. The summed E-state index contributed by atoms with van der Waals surface area (Å²) < 4.78 is 4.28. The predicted octanol–water partition coefficient (Wildman–Crippen LogP) is 3.22. The van der Waals surface area contributed by atoms with Gasteiger partial charge in [-0.25, -0.2) is 4.79 Å². The molecule has 30 heavy (non-hydrogen) atoms. The highest BCUT2D eigenvalue weighted by molar-refractivity contribution is 5.95. The lowest BCUT2D eigenvalue weighted by atomic mass is 10.1. The van der Waals surface area contributed by atoms with Gasteiger partial charge in [0, 0.05) is 43.7 Å². The Bertz CT molecular complexity index is 1460. The second-order valence-corrected chi connectivity index (χ2v) is 7.39. The third-order valence-corrected chi connectivity index (χ3v) is 5.54. The van der Waals surface area contributed by atoms with Gasteiger partial charge < -0.3 is 4.57 Å². The second-order valence-electron chi connectivity index (χ2n) is 7.39. The number of hydrogen-bond donors (Lipinski definition) is 0. The summed E-state index contributed by atoms with van der Waals surface area (Å²) in [6, 6.07) is 12.0. The van der Waals surface area contributed by atoms with E-state index in [1.165, 1.54) is 23.7 Å². The van der Waals surface area contributed by atoms with Gasteiger partial charge in [0.1, 0.15) is 0 Å². The standard InChI is InChI=1S/C22H20N4O4/c1-13-8-9-16(10-14(13)2)25-12-18-19(21(27)24(4)22(28)23(18)3)20(25)15-6-5-7-17(11-15)26(29)30/h5-12H,1-4H3. The van der Waals surface area contributed by atoms with Crippen molar-refractivity contribution in [2.24, 2.45) is 14.1 Å². The van der Waals surface area contributed by atoms with Crippen molar-refractivity contribution in [3.05, 3.63) is 90.7 Å². The molecule has 0 radical (unpaired) electrons. The summed E-state index contributed by atoms with van der Waals surface area (Å²) in [7, 11) is 3.03. The van der Waals surface area contributed by atoms with Crippen LogP contribution in [0.25, 0.3) is 27.8 Å². The zero-order valence-corrected chi connectivity index (χ0v) is 17.0. The van der Waals surface area contributed by atoms with Crippen LogP contribution < -0.4 is 11.2 Å². The van der Waals surface area contributed by atoms with Crippen molar-refractivity contribution in [2.75, 3.05) is 0 Å². The smallest absolute Gasteiger partial charge is 0.314 e. The molecule has 8 nitrogen and oxygen atoms in total. The molecule has 4 aromatic rings. The molecule has 0 spiro atoms.